The summed E-state index contributed by atoms with van der Waals surface area (Å²) >= 11 is 0. The van der Waals surface area contributed by atoms with Crippen LogP contribution in [0.4, 0.5) is 5.69 Å². The van der Waals surface area contributed by atoms with Crippen LogP contribution in [0, 0.1) is 0 Å². The van der Waals surface area contributed by atoms with Crippen LogP contribution in [-0.2, 0) is 4.74 Å². The van der Waals surface area contributed by atoms with E-state index in [1.807, 2.05) is 0 Å². The molecule has 2 heterocycles. The zero-order valence-electron chi connectivity index (χ0n) is 10.5. The third-order valence-electron chi connectivity index (χ3n) is 3.24. The molecule has 1 aliphatic rings. The number of aromatic amines is 1. The third kappa shape index (κ3) is 2.83. The largest absolute Gasteiger partial charge is 0.397 e. The second-order valence-corrected chi connectivity index (χ2v) is 4.84. The number of aliphatic hydroxyl groups is 1. The predicted octanol–water partition coefficient (Wildman–Crippen LogP) is 0.210. The average Bonchev–Trinajstić information content (AvgIpc) is 2.75. The number of carbonyl (C=O) groups is 1. The highest BCUT2D eigenvalue weighted by Gasteiger charge is 2.32. The Bertz CT molecular complexity index is 424. The number of H-pyrrole nitrogens is 1. The van der Waals surface area contributed by atoms with Crippen molar-refractivity contribution < 1.29 is 14.6 Å². The fourth-order valence-corrected chi connectivity index (χ4v) is 2.16. The highest BCUT2D eigenvalue weighted by Crippen LogP contribution is 2.22. The molecule has 6 nitrogen and oxygen atoms in total. The number of nitrogens with one attached hydrogen (secondary N) is 1. The molecule has 1 aromatic rings. The molecule has 0 aromatic carbocycles. The normalized spacial score (nSPS) is 18.6. The summed E-state index contributed by atoms with van der Waals surface area (Å²) in [6.07, 6.45) is 2.68. The number of ether oxygens (including phenoxy) is 1. The van der Waals surface area contributed by atoms with Gasteiger partial charge in [0.1, 0.15) is 5.69 Å². The Hall–Kier alpha value is -1.53. The molecule has 4 N–H and O–H groups in total. The Labute approximate surface area is 106 Å². The van der Waals surface area contributed by atoms with Crippen LogP contribution in [0.25, 0.3) is 0 Å². The topological polar surface area (TPSA) is 91.6 Å². The monoisotopic (exact) mass is 253 g/mol. The number of nitrogen functional groups attached to an aromatic ring is 1. The Balaban J connectivity index is 1.98. The number of rotatable bonds is 3. The van der Waals surface area contributed by atoms with Crippen LogP contribution in [0.3, 0.4) is 0 Å². The number of nitrogens with zero attached hydrogens (tertiary/aromatic N) is 1. The summed E-state index contributed by atoms with van der Waals surface area (Å²) < 4.78 is 5.21. The Morgan fingerprint density at radius 1 is 1.61 bits per heavy atom. The first-order chi connectivity index (χ1) is 8.50. The second kappa shape index (κ2) is 4.99. The lowest BCUT2D eigenvalue weighted by Gasteiger charge is -2.35. The van der Waals surface area contributed by atoms with Crippen LogP contribution >= 0.6 is 0 Å². The van der Waals surface area contributed by atoms with Crippen molar-refractivity contribution in [1.29, 1.82) is 0 Å². The molecular formula is C12H19N3O3. The van der Waals surface area contributed by atoms with Gasteiger partial charge in [0.05, 0.1) is 5.60 Å². The summed E-state index contributed by atoms with van der Waals surface area (Å²) in [5, 5.41) is 10.3. The van der Waals surface area contributed by atoms with E-state index in [-0.39, 0.29) is 5.91 Å². The minimum atomic E-state index is -0.846. The lowest BCUT2D eigenvalue weighted by atomic mass is 9.94. The van der Waals surface area contributed by atoms with Gasteiger partial charge in [-0.1, -0.05) is 0 Å². The van der Waals surface area contributed by atoms with Gasteiger partial charge in [0.2, 0.25) is 0 Å². The Kier molecular flexibility index (Phi) is 3.58. The van der Waals surface area contributed by atoms with E-state index >= 15 is 0 Å². The summed E-state index contributed by atoms with van der Waals surface area (Å²) in [4.78, 5) is 16.4. The molecule has 0 bridgehead atoms. The summed E-state index contributed by atoms with van der Waals surface area (Å²) in [5.41, 5.74) is 5.67. The van der Waals surface area contributed by atoms with E-state index in [2.05, 4.69) is 4.98 Å². The molecule has 0 unspecified atom stereocenters. The number of carbonyl (C=O) groups excluding carboxylic acids is 1. The maximum Gasteiger partial charge on any atom is 0.270 e. The van der Waals surface area contributed by atoms with Gasteiger partial charge >= 0.3 is 0 Å². The Morgan fingerprint density at radius 2 is 2.28 bits per heavy atom. The van der Waals surface area contributed by atoms with E-state index in [9.17, 15) is 9.90 Å². The van der Waals surface area contributed by atoms with E-state index in [1.165, 1.54) is 4.90 Å². The van der Waals surface area contributed by atoms with Crippen molar-refractivity contribution in [2.24, 2.45) is 0 Å². The van der Waals surface area contributed by atoms with Crippen LogP contribution in [-0.4, -0.2) is 53.3 Å². The molecule has 1 aromatic heterocycles. The standard InChI is InChI=1S/C12H19N3O3/c1-15(8-12(17)2-4-18-5-3-12)11(16)10-6-9(13)7-14-10/h6-7,14,17H,2-5,8,13H2,1H3. The number of amides is 1. The van der Waals surface area contributed by atoms with Gasteiger partial charge in [-0.3, -0.25) is 4.79 Å². The molecule has 6 heteroatoms. The average molecular weight is 253 g/mol. The van der Waals surface area contributed by atoms with Gasteiger partial charge in [0.25, 0.3) is 5.91 Å². The van der Waals surface area contributed by atoms with Crippen molar-refractivity contribution in [3.63, 3.8) is 0 Å². The first kappa shape index (κ1) is 12.9. The van der Waals surface area contributed by atoms with Gasteiger partial charge in [-0.15, -0.1) is 0 Å². The highest BCUT2D eigenvalue weighted by molar-refractivity contribution is 5.93. The number of aromatic nitrogens is 1. The number of anilines is 1. The summed E-state index contributed by atoms with van der Waals surface area (Å²) in [6, 6.07) is 1.59. The lowest BCUT2D eigenvalue weighted by Crippen LogP contribution is -2.47. The first-order valence-electron chi connectivity index (χ1n) is 6.00. The maximum atomic E-state index is 12.1. The van der Waals surface area contributed by atoms with Gasteiger partial charge in [-0.05, 0) is 6.07 Å². The van der Waals surface area contributed by atoms with Crippen LogP contribution < -0.4 is 5.73 Å². The molecule has 1 saturated heterocycles. The van der Waals surface area contributed by atoms with Gasteiger partial charge in [-0.25, -0.2) is 0 Å². The third-order valence-corrected chi connectivity index (χ3v) is 3.24. The van der Waals surface area contributed by atoms with E-state index < -0.39 is 5.60 Å². The van der Waals surface area contributed by atoms with Crippen LogP contribution in [0.15, 0.2) is 12.3 Å². The molecule has 1 amide bonds. The Morgan fingerprint density at radius 3 is 2.83 bits per heavy atom. The quantitative estimate of drug-likeness (QED) is 0.718. The molecular weight excluding hydrogens is 234 g/mol. The summed E-state index contributed by atoms with van der Waals surface area (Å²) in [6.45, 7) is 1.37. The van der Waals surface area contributed by atoms with Crippen LogP contribution in [0.2, 0.25) is 0 Å². The van der Waals surface area contributed by atoms with Crippen LogP contribution in [0.5, 0.6) is 0 Å². The molecule has 18 heavy (non-hydrogen) atoms. The number of nitrogens with two attached hydrogens (primary N) is 1. The molecule has 0 saturated carbocycles. The van der Waals surface area contributed by atoms with Gasteiger partial charge < -0.3 is 25.5 Å². The molecule has 2 rings (SSSR count). The highest BCUT2D eigenvalue weighted by atomic mass is 16.5. The fraction of sp³-hybridized carbons (Fsp3) is 0.583. The SMILES string of the molecule is CN(CC1(O)CCOCC1)C(=O)c1cc(N)c[nH]1. The molecule has 1 fully saturated rings. The van der Waals surface area contributed by atoms with Crippen molar-refractivity contribution in [3.8, 4) is 0 Å². The fourth-order valence-electron chi connectivity index (χ4n) is 2.16. The van der Waals surface area contributed by atoms with Crippen LogP contribution in [0.1, 0.15) is 23.3 Å². The number of hydrogen-bond acceptors (Lipinski definition) is 4. The van der Waals surface area contributed by atoms with Gasteiger partial charge in [0.15, 0.2) is 0 Å². The van der Waals surface area contributed by atoms with Crippen molar-refractivity contribution in [1.82, 2.24) is 9.88 Å². The molecule has 0 spiro atoms. The zero-order chi connectivity index (χ0) is 13.2. The van der Waals surface area contributed by atoms with Crippen molar-refractivity contribution in [3.05, 3.63) is 18.0 Å². The maximum absolute atomic E-state index is 12.1. The first-order valence-corrected chi connectivity index (χ1v) is 6.00. The summed E-state index contributed by atoms with van der Waals surface area (Å²) in [5.74, 6) is -0.174. The minimum absolute atomic E-state index is 0.174. The van der Waals surface area contributed by atoms with E-state index in [0.29, 0.717) is 44.0 Å². The molecule has 0 atom stereocenters. The predicted molar refractivity (Wildman–Crippen MR) is 67.2 cm³/mol. The van der Waals surface area contributed by atoms with E-state index in [1.54, 1.807) is 19.3 Å². The lowest BCUT2D eigenvalue weighted by molar-refractivity contribution is -0.0734. The van der Waals surface area contributed by atoms with E-state index in [4.69, 9.17) is 10.5 Å². The van der Waals surface area contributed by atoms with Gasteiger partial charge in [0, 0.05) is 51.5 Å². The molecule has 0 radical (unpaired) electrons. The molecule has 100 valence electrons. The molecule has 0 aliphatic carbocycles. The van der Waals surface area contributed by atoms with Gasteiger partial charge in [-0.2, -0.15) is 0 Å². The molecule has 1 aliphatic heterocycles. The van der Waals surface area contributed by atoms with Crippen molar-refractivity contribution in [2.45, 2.75) is 18.4 Å². The zero-order valence-corrected chi connectivity index (χ0v) is 10.5. The van der Waals surface area contributed by atoms with Crippen molar-refractivity contribution in [2.75, 3.05) is 32.5 Å². The number of hydrogen-bond donors (Lipinski definition) is 3. The second-order valence-electron chi connectivity index (χ2n) is 4.84. The smallest absolute Gasteiger partial charge is 0.270 e. The minimum Gasteiger partial charge on any atom is -0.397 e. The number of likely N-dealkylation sites (N-methyl/N-ethyl adjacent to an activating group) is 1. The summed E-state index contributed by atoms with van der Waals surface area (Å²) in [7, 11) is 1.67. The van der Waals surface area contributed by atoms with E-state index in [0.717, 1.165) is 0 Å². The van der Waals surface area contributed by atoms with Crippen molar-refractivity contribution >= 4 is 11.6 Å².